The summed E-state index contributed by atoms with van der Waals surface area (Å²) in [6.07, 6.45) is 62.5. The number of esters is 3. The lowest BCUT2D eigenvalue weighted by atomic mass is 10.0. The highest BCUT2D eigenvalue weighted by atomic mass is 16.6. The van der Waals surface area contributed by atoms with Crippen LogP contribution in [0.25, 0.3) is 0 Å². The lowest BCUT2D eigenvalue weighted by Gasteiger charge is -2.18. The summed E-state index contributed by atoms with van der Waals surface area (Å²) in [5.74, 6) is -0.940. The fraction of sp³-hybridized carbons (Fsp3) is 0.807. The van der Waals surface area contributed by atoms with E-state index >= 15 is 0 Å². The molecule has 0 bridgehead atoms. The van der Waals surface area contributed by atoms with Gasteiger partial charge in [-0.25, -0.2) is 0 Å². The van der Waals surface area contributed by atoms with Gasteiger partial charge in [-0.1, -0.05) is 249 Å². The van der Waals surface area contributed by atoms with Gasteiger partial charge in [0.05, 0.1) is 0 Å². The largest absolute Gasteiger partial charge is 0.462 e. The predicted octanol–water partition coefficient (Wildman–Crippen LogP) is 17.9. The maximum absolute atomic E-state index is 12.8. The minimum Gasteiger partial charge on any atom is -0.462 e. The number of hydrogen-bond acceptors (Lipinski definition) is 6. The zero-order valence-electron chi connectivity index (χ0n) is 41.8. The summed E-state index contributed by atoms with van der Waals surface area (Å²) in [5, 5.41) is 0. The van der Waals surface area contributed by atoms with Crippen molar-refractivity contribution in [3.63, 3.8) is 0 Å². The molecule has 0 rings (SSSR count). The van der Waals surface area contributed by atoms with Gasteiger partial charge in [-0.15, -0.1) is 0 Å². The van der Waals surface area contributed by atoms with Crippen LogP contribution in [0.5, 0.6) is 0 Å². The highest BCUT2D eigenvalue weighted by molar-refractivity contribution is 5.71. The van der Waals surface area contributed by atoms with Gasteiger partial charge >= 0.3 is 17.9 Å². The molecule has 0 fully saturated rings. The van der Waals surface area contributed by atoms with Gasteiger partial charge in [0, 0.05) is 19.3 Å². The molecule has 0 saturated heterocycles. The Kier molecular flexibility index (Phi) is 49.8. The maximum atomic E-state index is 12.8. The third-order valence-electron chi connectivity index (χ3n) is 11.8. The van der Waals surface area contributed by atoms with Crippen LogP contribution in [0.15, 0.2) is 48.6 Å². The second-order valence-corrected chi connectivity index (χ2v) is 18.2. The number of hydrogen-bond donors (Lipinski definition) is 0. The number of rotatable bonds is 49. The zero-order valence-corrected chi connectivity index (χ0v) is 41.8. The monoisotopic (exact) mass is 883 g/mol. The van der Waals surface area contributed by atoms with Crippen LogP contribution in [0, 0.1) is 0 Å². The second kappa shape index (κ2) is 52.0. The molecule has 0 saturated carbocycles. The van der Waals surface area contributed by atoms with Crippen LogP contribution in [0.1, 0.15) is 278 Å². The summed E-state index contributed by atoms with van der Waals surface area (Å²) in [7, 11) is 0. The summed E-state index contributed by atoms with van der Waals surface area (Å²) in [5.41, 5.74) is 0. The fourth-order valence-corrected chi connectivity index (χ4v) is 7.73. The number of unbranched alkanes of at least 4 members (excludes halogenated alkanes) is 30. The molecule has 0 N–H and O–H groups in total. The molecule has 0 aromatic carbocycles. The van der Waals surface area contributed by atoms with Gasteiger partial charge in [-0.05, 0) is 57.8 Å². The molecular weight excluding hydrogens is 781 g/mol. The van der Waals surface area contributed by atoms with Gasteiger partial charge in [0.25, 0.3) is 0 Å². The summed E-state index contributed by atoms with van der Waals surface area (Å²) in [4.78, 5) is 37.9. The van der Waals surface area contributed by atoms with Gasteiger partial charge < -0.3 is 14.2 Å². The lowest BCUT2D eigenvalue weighted by molar-refractivity contribution is -0.167. The van der Waals surface area contributed by atoms with E-state index in [1.54, 1.807) is 0 Å². The quantitative estimate of drug-likeness (QED) is 0.0262. The van der Waals surface area contributed by atoms with Crippen LogP contribution in [-0.2, 0) is 28.6 Å². The van der Waals surface area contributed by atoms with Crippen LogP contribution < -0.4 is 0 Å². The Morgan fingerprint density at radius 2 is 0.587 bits per heavy atom. The molecule has 0 aliphatic rings. The van der Waals surface area contributed by atoms with Crippen molar-refractivity contribution in [1.82, 2.24) is 0 Å². The first-order valence-corrected chi connectivity index (χ1v) is 27.1. The number of ether oxygens (including phenoxy) is 3. The third kappa shape index (κ3) is 50.2. The average molecular weight is 883 g/mol. The average Bonchev–Trinajstić information content (AvgIpc) is 3.28. The van der Waals surface area contributed by atoms with E-state index in [4.69, 9.17) is 14.2 Å². The Hall–Kier alpha value is -2.63. The number of allylic oxidation sites excluding steroid dienone is 8. The van der Waals surface area contributed by atoms with Crippen molar-refractivity contribution in [2.45, 2.75) is 284 Å². The van der Waals surface area contributed by atoms with Gasteiger partial charge in [-0.3, -0.25) is 14.4 Å². The Bertz CT molecular complexity index is 1110. The molecule has 6 nitrogen and oxygen atoms in total. The highest BCUT2D eigenvalue weighted by Crippen LogP contribution is 2.16. The van der Waals surface area contributed by atoms with Crippen LogP contribution in [0.2, 0.25) is 0 Å². The van der Waals surface area contributed by atoms with Crippen molar-refractivity contribution in [2.75, 3.05) is 13.2 Å². The lowest BCUT2D eigenvalue weighted by Crippen LogP contribution is -2.30. The van der Waals surface area contributed by atoms with E-state index in [9.17, 15) is 14.4 Å². The van der Waals surface area contributed by atoms with E-state index in [0.29, 0.717) is 19.3 Å². The van der Waals surface area contributed by atoms with Crippen LogP contribution >= 0.6 is 0 Å². The van der Waals surface area contributed by atoms with Crippen molar-refractivity contribution in [2.24, 2.45) is 0 Å². The first kappa shape index (κ1) is 60.4. The molecular formula is C57H102O6. The fourth-order valence-electron chi connectivity index (χ4n) is 7.73. The Morgan fingerprint density at radius 3 is 0.937 bits per heavy atom. The molecule has 0 spiro atoms. The molecule has 1 unspecified atom stereocenters. The second-order valence-electron chi connectivity index (χ2n) is 18.2. The van der Waals surface area contributed by atoms with E-state index in [0.717, 1.165) is 64.2 Å². The molecule has 0 heterocycles. The molecule has 63 heavy (non-hydrogen) atoms. The van der Waals surface area contributed by atoms with Gasteiger partial charge in [-0.2, -0.15) is 0 Å². The van der Waals surface area contributed by atoms with Gasteiger partial charge in [0.1, 0.15) is 13.2 Å². The van der Waals surface area contributed by atoms with Crippen molar-refractivity contribution in [3.05, 3.63) is 48.6 Å². The minimum atomic E-state index is -0.796. The topological polar surface area (TPSA) is 78.9 Å². The van der Waals surface area contributed by atoms with Crippen LogP contribution in [-0.4, -0.2) is 37.2 Å². The van der Waals surface area contributed by atoms with Gasteiger partial charge in [0.2, 0.25) is 0 Å². The molecule has 6 heteroatoms. The third-order valence-corrected chi connectivity index (χ3v) is 11.8. The van der Waals surface area contributed by atoms with Crippen molar-refractivity contribution >= 4 is 17.9 Å². The van der Waals surface area contributed by atoms with Crippen LogP contribution in [0.4, 0.5) is 0 Å². The van der Waals surface area contributed by atoms with E-state index in [1.807, 2.05) is 0 Å². The Balaban J connectivity index is 4.34. The molecule has 0 aliphatic carbocycles. The zero-order chi connectivity index (χ0) is 45.8. The van der Waals surface area contributed by atoms with Crippen molar-refractivity contribution in [1.29, 1.82) is 0 Å². The number of carbonyl (C=O) groups excluding carboxylic acids is 3. The first-order chi connectivity index (χ1) is 31.0. The Labute approximate surface area is 390 Å². The highest BCUT2D eigenvalue weighted by Gasteiger charge is 2.19. The summed E-state index contributed by atoms with van der Waals surface area (Å²) in [6.45, 7) is 6.57. The Morgan fingerprint density at radius 1 is 0.317 bits per heavy atom. The van der Waals surface area contributed by atoms with Crippen molar-refractivity contribution < 1.29 is 28.6 Å². The minimum absolute atomic E-state index is 0.0911. The normalized spacial score (nSPS) is 12.4. The standard InChI is InChI=1S/C57H102O6/c1-4-7-10-13-16-19-21-23-25-27-28-30-31-33-35-38-41-44-47-50-56(59)62-53-54(52-61-55(58)49-46-43-40-37-18-15-12-9-6-3)63-57(60)51-48-45-42-39-36-34-32-29-26-24-22-20-17-14-11-8-5-2/h17,20,24,26,32,34,39,42,54H,4-16,18-19,21-23,25,27-31,33,35-38,40-41,43-53H2,1-3H3/b20-17-,26-24-,34-32-,42-39-. The summed E-state index contributed by atoms with van der Waals surface area (Å²) < 4.78 is 16.7. The van der Waals surface area contributed by atoms with Crippen molar-refractivity contribution in [3.8, 4) is 0 Å². The SMILES string of the molecule is CCCCC/C=C\C/C=C\C/C=C\C/C=C\CCCC(=O)OC(COC(=O)CCCCCCCCCCC)COC(=O)CCCCCCCCCCCCCCCCCCCCC. The summed E-state index contributed by atoms with van der Waals surface area (Å²) in [6, 6.07) is 0. The van der Waals surface area contributed by atoms with E-state index in [1.165, 1.54) is 167 Å². The summed E-state index contributed by atoms with van der Waals surface area (Å²) >= 11 is 0. The van der Waals surface area contributed by atoms with Crippen LogP contribution in [0.3, 0.4) is 0 Å². The molecule has 0 aliphatic heterocycles. The molecule has 0 amide bonds. The molecule has 1 atom stereocenters. The molecule has 0 aromatic rings. The number of carbonyl (C=O) groups is 3. The van der Waals surface area contributed by atoms with E-state index < -0.39 is 6.10 Å². The molecule has 0 radical (unpaired) electrons. The first-order valence-electron chi connectivity index (χ1n) is 27.1. The van der Waals surface area contributed by atoms with E-state index in [-0.39, 0.29) is 37.5 Å². The predicted molar refractivity (Wildman–Crippen MR) is 270 cm³/mol. The van der Waals surface area contributed by atoms with Gasteiger partial charge in [0.15, 0.2) is 6.10 Å². The molecule has 366 valence electrons. The maximum Gasteiger partial charge on any atom is 0.306 e. The molecule has 0 aromatic heterocycles. The van der Waals surface area contributed by atoms with E-state index in [2.05, 4.69) is 69.4 Å². The smallest absolute Gasteiger partial charge is 0.306 e.